The van der Waals surface area contributed by atoms with E-state index in [9.17, 15) is 16.8 Å². The van der Waals surface area contributed by atoms with Gasteiger partial charge in [0.1, 0.15) is 0 Å². The molecule has 1 aromatic carbocycles. The predicted octanol–water partition coefficient (Wildman–Crippen LogP) is 0.165. The Labute approximate surface area is 94.6 Å². The first kappa shape index (κ1) is 13.1. The molecule has 0 atom stereocenters. The van der Waals surface area contributed by atoms with Crippen LogP contribution in [0.4, 0.5) is 0 Å². The molecule has 0 fully saturated rings. The second-order valence-corrected chi connectivity index (χ2v) is 6.41. The van der Waals surface area contributed by atoms with E-state index < -0.39 is 20.3 Å². The van der Waals surface area contributed by atoms with Crippen LogP contribution in [0.3, 0.4) is 0 Å². The summed E-state index contributed by atoms with van der Waals surface area (Å²) in [6.45, 7) is 1.79. The van der Waals surface area contributed by atoms with Crippen molar-refractivity contribution in [2.24, 2.45) is 0 Å². The normalized spacial score (nSPS) is 12.6. The van der Waals surface area contributed by atoms with Gasteiger partial charge in [0.25, 0.3) is 10.0 Å². The number of rotatable bonds is 4. The van der Waals surface area contributed by atoms with E-state index in [0.717, 1.165) is 12.7 Å². The molecule has 0 bridgehead atoms. The highest BCUT2D eigenvalue weighted by Crippen LogP contribution is 2.10. The molecule has 0 spiro atoms. The lowest BCUT2D eigenvalue weighted by Crippen LogP contribution is -2.31. The first-order chi connectivity index (χ1) is 7.27. The van der Waals surface area contributed by atoms with Gasteiger partial charge >= 0.3 is 10.3 Å². The molecule has 0 aliphatic heterocycles. The first-order valence-corrected chi connectivity index (χ1v) is 7.07. The number of nitrogens with one attached hydrogen (secondary N) is 1. The van der Waals surface area contributed by atoms with Crippen LogP contribution < -0.4 is 4.13 Å². The summed E-state index contributed by atoms with van der Waals surface area (Å²) in [7, 11) is -7.52. The summed E-state index contributed by atoms with van der Waals surface area (Å²) in [6, 6.07) is 5.74. The van der Waals surface area contributed by atoms with Gasteiger partial charge in [-0.3, -0.25) is 4.18 Å². The minimum Gasteiger partial charge on any atom is -0.261 e. The van der Waals surface area contributed by atoms with E-state index in [2.05, 4.69) is 4.18 Å². The first-order valence-electron chi connectivity index (χ1n) is 4.18. The highest BCUT2D eigenvalue weighted by Gasteiger charge is 2.21. The van der Waals surface area contributed by atoms with Gasteiger partial charge < -0.3 is 0 Å². The Kier molecular flexibility index (Phi) is 3.68. The standard InChI is InChI=1S/C8H11NO5S2/c1-7-3-5-8(6-4-7)15(10,11)9-16(12,13)14-2/h3-6,9H,1-2H3. The molecule has 0 radical (unpaired) electrons. The molecule has 0 aromatic heterocycles. The summed E-state index contributed by atoms with van der Waals surface area (Å²) < 4.78 is 50.4. The lowest BCUT2D eigenvalue weighted by Gasteiger charge is -2.05. The van der Waals surface area contributed by atoms with Gasteiger partial charge in [0.2, 0.25) is 0 Å². The van der Waals surface area contributed by atoms with Crippen molar-refractivity contribution in [1.29, 1.82) is 0 Å². The fourth-order valence-corrected chi connectivity index (χ4v) is 3.16. The lowest BCUT2D eigenvalue weighted by atomic mass is 10.2. The maximum atomic E-state index is 11.5. The van der Waals surface area contributed by atoms with E-state index in [1.54, 1.807) is 19.1 Å². The van der Waals surface area contributed by atoms with Crippen LogP contribution in [0.5, 0.6) is 0 Å². The molecule has 0 heterocycles. The Morgan fingerprint density at radius 1 is 1.06 bits per heavy atom. The van der Waals surface area contributed by atoms with Crippen LogP contribution in [0.1, 0.15) is 5.56 Å². The molecule has 1 rings (SSSR count). The molecule has 0 aliphatic rings. The molecule has 16 heavy (non-hydrogen) atoms. The van der Waals surface area contributed by atoms with E-state index in [4.69, 9.17) is 0 Å². The van der Waals surface area contributed by atoms with Crippen molar-refractivity contribution in [2.75, 3.05) is 7.11 Å². The number of aryl methyl sites for hydroxylation is 1. The van der Waals surface area contributed by atoms with Crippen LogP contribution >= 0.6 is 0 Å². The molecular weight excluding hydrogens is 254 g/mol. The third-order valence-corrected chi connectivity index (χ3v) is 4.79. The molecular formula is C8H11NO5S2. The van der Waals surface area contributed by atoms with E-state index >= 15 is 0 Å². The average molecular weight is 265 g/mol. The second-order valence-electron chi connectivity index (χ2n) is 3.02. The van der Waals surface area contributed by atoms with E-state index in [-0.39, 0.29) is 4.90 Å². The highest BCUT2D eigenvalue weighted by molar-refractivity contribution is 8.02. The number of hydrogen-bond acceptors (Lipinski definition) is 5. The fraction of sp³-hybridized carbons (Fsp3) is 0.250. The van der Waals surface area contributed by atoms with Gasteiger partial charge in [0.15, 0.2) is 0 Å². The quantitative estimate of drug-likeness (QED) is 0.838. The summed E-state index contributed by atoms with van der Waals surface area (Å²) in [5, 5.41) is 0. The number of benzene rings is 1. The summed E-state index contributed by atoms with van der Waals surface area (Å²) in [4.78, 5) is -0.140. The van der Waals surface area contributed by atoms with Crippen molar-refractivity contribution in [1.82, 2.24) is 4.13 Å². The molecule has 0 saturated carbocycles. The maximum Gasteiger partial charge on any atom is 0.349 e. The molecule has 6 nitrogen and oxygen atoms in total. The van der Waals surface area contributed by atoms with Gasteiger partial charge in [-0.15, -0.1) is 0 Å². The summed E-state index contributed by atoms with van der Waals surface area (Å²) in [6.07, 6.45) is 0. The van der Waals surface area contributed by atoms with E-state index in [1.807, 2.05) is 0 Å². The van der Waals surface area contributed by atoms with Crippen LogP contribution in [-0.2, 0) is 24.5 Å². The van der Waals surface area contributed by atoms with Crippen molar-refractivity contribution in [3.63, 3.8) is 0 Å². The summed E-state index contributed by atoms with van der Waals surface area (Å²) in [5.41, 5.74) is 0.869. The van der Waals surface area contributed by atoms with Crippen molar-refractivity contribution < 1.29 is 21.0 Å². The monoisotopic (exact) mass is 265 g/mol. The van der Waals surface area contributed by atoms with Gasteiger partial charge in [-0.2, -0.15) is 8.42 Å². The molecule has 0 amide bonds. The Morgan fingerprint density at radius 2 is 1.56 bits per heavy atom. The lowest BCUT2D eigenvalue weighted by molar-refractivity contribution is 0.394. The van der Waals surface area contributed by atoms with Crippen molar-refractivity contribution in [2.45, 2.75) is 11.8 Å². The zero-order valence-corrected chi connectivity index (χ0v) is 10.3. The largest absolute Gasteiger partial charge is 0.349 e. The Bertz CT molecular complexity index is 559. The average Bonchev–Trinajstić information content (AvgIpc) is 2.17. The smallest absolute Gasteiger partial charge is 0.261 e. The van der Waals surface area contributed by atoms with Gasteiger partial charge in [-0.25, -0.2) is 8.42 Å². The molecule has 90 valence electrons. The number of hydrogen-bond donors (Lipinski definition) is 1. The van der Waals surface area contributed by atoms with Gasteiger partial charge in [-0.1, -0.05) is 21.8 Å². The Morgan fingerprint density at radius 3 is 2.00 bits per heavy atom. The zero-order valence-electron chi connectivity index (χ0n) is 8.67. The second kappa shape index (κ2) is 4.50. The number of sulfonamides is 1. The van der Waals surface area contributed by atoms with Crippen LogP contribution in [0.15, 0.2) is 29.2 Å². The van der Waals surface area contributed by atoms with Crippen molar-refractivity contribution >= 4 is 20.3 Å². The van der Waals surface area contributed by atoms with Crippen LogP contribution in [0.25, 0.3) is 0 Å². The van der Waals surface area contributed by atoms with Crippen LogP contribution in [-0.4, -0.2) is 23.9 Å². The topological polar surface area (TPSA) is 89.5 Å². The molecule has 1 N–H and O–H groups in total. The van der Waals surface area contributed by atoms with Gasteiger partial charge in [0.05, 0.1) is 12.0 Å². The van der Waals surface area contributed by atoms with Crippen molar-refractivity contribution in [3.8, 4) is 0 Å². The van der Waals surface area contributed by atoms with Crippen LogP contribution in [0, 0.1) is 6.92 Å². The molecule has 0 unspecified atom stereocenters. The predicted molar refractivity (Wildman–Crippen MR) is 57.4 cm³/mol. The Balaban J connectivity index is 3.09. The highest BCUT2D eigenvalue weighted by atomic mass is 32.3. The molecule has 0 saturated heterocycles. The summed E-state index contributed by atoms with van der Waals surface area (Å²) in [5.74, 6) is 0. The minimum absolute atomic E-state index is 0.140. The molecule has 0 aliphatic carbocycles. The third kappa shape index (κ3) is 3.27. The van der Waals surface area contributed by atoms with Crippen LogP contribution in [0.2, 0.25) is 0 Å². The maximum absolute atomic E-state index is 11.5. The van der Waals surface area contributed by atoms with Gasteiger partial charge in [0, 0.05) is 0 Å². The van der Waals surface area contributed by atoms with Crippen molar-refractivity contribution in [3.05, 3.63) is 29.8 Å². The summed E-state index contributed by atoms with van der Waals surface area (Å²) >= 11 is 0. The SMILES string of the molecule is COS(=O)(=O)NS(=O)(=O)c1ccc(C)cc1. The minimum atomic E-state index is -4.27. The van der Waals surface area contributed by atoms with E-state index in [0.29, 0.717) is 0 Å². The fourth-order valence-electron chi connectivity index (χ4n) is 0.934. The Hall–Kier alpha value is -0.960. The third-order valence-electron chi connectivity index (χ3n) is 1.76. The molecule has 1 aromatic rings. The zero-order chi connectivity index (χ0) is 12.4. The van der Waals surface area contributed by atoms with Gasteiger partial charge in [-0.05, 0) is 19.1 Å². The van der Waals surface area contributed by atoms with E-state index in [1.165, 1.54) is 16.3 Å². The molecule has 8 heteroatoms.